The van der Waals surface area contributed by atoms with Crippen LogP contribution in [0.3, 0.4) is 0 Å². The van der Waals surface area contributed by atoms with Crippen molar-refractivity contribution < 1.29 is 4.57 Å². The van der Waals surface area contributed by atoms with Crippen molar-refractivity contribution in [3.05, 3.63) is 174 Å². The molecule has 1 unspecified atom stereocenters. The van der Waals surface area contributed by atoms with E-state index in [2.05, 4.69) is 148 Å². The molecule has 1 fully saturated rings. The molecule has 0 radical (unpaired) electrons. The Morgan fingerprint density at radius 1 is 0.604 bits per heavy atom. The summed E-state index contributed by atoms with van der Waals surface area (Å²) in [7, 11) is -3.54. The molecular weight excluding hydrogens is 603 g/mol. The van der Waals surface area contributed by atoms with Crippen LogP contribution in [0.2, 0.25) is 0 Å². The van der Waals surface area contributed by atoms with Crippen molar-refractivity contribution in [1.82, 2.24) is 0 Å². The molecule has 0 N–H and O–H groups in total. The number of hydrogen-bond acceptors (Lipinski definition) is 1. The lowest BCUT2D eigenvalue weighted by Crippen LogP contribution is -2.27. The van der Waals surface area contributed by atoms with Gasteiger partial charge in [-0.05, 0) is 94.3 Å². The third-order valence-corrected chi connectivity index (χ3v) is 13.7. The van der Waals surface area contributed by atoms with E-state index < -0.39 is 7.44 Å². The van der Waals surface area contributed by atoms with E-state index in [1.165, 1.54) is 44.5 Å². The van der Waals surface area contributed by atoms with Gasteiger partial charge in [-0.2, -0.15) is 0 Å². The Morgan fingerprint density at radius 2 is 1.06 bits per heavy atom. The van der Waals surface area contributed by atoms with Gasteiger partial charge in [0.05, 0.1) is 16.7 Å². The minimum atomic E-state index is -3.54. The summed E-state index contributed by atoms with van der Waals surface area (Å²) in [5.41, 5.74) is 13.5. The molecule has 1 saturated heterocycles. The zero-order valence-electron chi connectivity index (χ0n) is 28.4. The third-order valence-electron chi connectivity index (χ3n) is 10.7. The maximum Gasteiger partial charge on any atom is 0.301 e. The van der Waals surface area contributed by atoms with E-state index >= 15 is 4.57 Å². The second-order valence-electron chi connectivity index (χ2n) is 14.1. The molecule has 1 aliphatic heterocycles. The van der Waals surface area contributed by atoms with Gasteiger partial charge in [0.25, 0.3) is 0 Å². The number of hydrogen-bond donors (Lipinski definition) is 0. The van der Waals surface area contributed by atoms with E-state index in [1.54, 1.807) is 0 Å². The number of allylic oxidation sites excluding steroid dienone is 3. The summed E-state index contributed by atoms with van der Waals surface area (Å²) >= 11 is 0. The van der Waals surface area contributed by atoms with E-state index in [-0.39, 0.29) is 10.8 Å². The molecule has 0 amide bonds. The van der Waals surface area contributed by atoms with Crippen LogP contribution >= 0.6 is 7.44 Å². The summed E-state index contributed by atoms with van der Waals surface area (Å²) < 4.78 is 20.8. The minimum absolute atomic E-state index is 0.184. The van der Waals surface area contributed by atoms with Crippen molar-refractivity contribution in [2.24, 2.45) is 0 Å². The molecule has 5 aromatic carbocycles. The van der Waals surface area contributed by atoms with E-state index in [1.807, 2.05) is 36.4 Å². The van der Waals surface area contributed by atoms with E-state index in [9.17, 15) is 0 Å². The molecule has 238 valence electrons. The van der Waals surface area contributed by atoms with Crippen LogP contribution in [0.15, 0.2) is 151 Å². The topological polar surface area (TPSA) is 23.6 Å². The zero-order valence-corrected chi connectivity index (χ0v) is 29.3. The number of anilines is 2. The summed E-state index contributed by atoms with van der Waals surface area (Å²) in [5, 5.41) is 0.789. The predicted octanol–water partition coefficient (Wildman–Crippen LogP) is 11.5. The lowest BCUT2D eigenvalue weighted by Gasteiger charge is -2.33. The zero-order chi connectivity index (χ0) is 33.4. The van der Waals surface area contributed by atoms with Gasteiger partial charge in [0.1, 0.15) is 0 Å². The van der Waals surface area contributed by atoms with E-state index in [0.717, 1.165) is 28.1 Å². The van der Waals surface area contributed by atoms with Crippen LogP contribution < -0.4 is 14.6 Å². The van der Waals surface area contributed by atoms with Crippen LogP contribution in [-0.4, -0.2) is 0 Å². The number of fused-ring (bicyclic) bond motifs is 6. The van der Waals surface area contributed by atoms with Crippen LogP contribution in [0.4, 0.5) is 11.4 Å². The molecule has 2 aliphatic carbocycles. The molecule has 48 heavy (non-hydrogen) atoms. The lowest BCUT2D eigenvalue weighted by molar-refractivity contribution is 0.582. The summed E-state index contributed by atoms with van der Waals surface area (Å²) in [6.07, 6.45) is 6.86. The standard InChI is InChI=1S/C44H41N2OP/c1-7-9-23-42-41(8-2)45(30-24-26-35-33-19-13-15-21-37(33)43(3,4)39(35)28-30)48(47,32-17-11-10-12-18-32)46(42)31-25-27-36-34-20-14-16-22-38(34)44(5,6)40(36)29-31/h7-8,10-29H,1,9H2,2-6H3/b41-8+,42-23+. The van der Waals surface area contributed by atoms with Crippen molar-refractivity contribution in [3.63, 3.8) is 0 Å². The van der Waals surface area contributed by atoms with E-state index in [4.69, 9.17) is 0 Å². The van der Waals surface area contributed by atoms with Crippen LogP contribution in [0.25, 0.3) is 22.3 Å². The Hall–Kier alpha value is -4.85. The maximum atomic E-state index is 16.5. The first-order chi connectivity index (χ1) is 23.1. The number of benzene rings is 5. The van der Waals surface area contributed by atoms with Crippen LogP contribution in [-0.2, 0) is 15.4 Å². The first kappa shape index (κ1) is 30.5. The largest absolute Gasteiger partial charge is 0.301 e. The highest BCUT2D eigenvalue weighted by atomic mass is 31.2. The monoisotopic (exact) mass is 644 g/mol. The molecule has 5 aromatic rings. The molecular formula is C44H41N2OP. The molecule has 0 bridgehead atoms. The van der Waals surface area contributed by atoms with Gasteiger partial charge in [0.15, 0.2) is 0 Å². The highest BCUT2D eigenvalue weighted by Crippen LogP contribution is 2.67. The highest BCUT2D eigenvalue weighted by Gasteiger charge is 2.52. The van der Waals surface area contributed by atoms with Crippen molar-refractivity contribution in [2.45, 2.75) is 51.9 Å². The summed E-state index contributed by atoms with van der Waals surface area (Å²) in [6, 6.07) is 40.8. The molecule has 0 aromatic heterocycles. The Morgan fingerprint density at radius 3 is 1.56 bits per heavy atom. The third kappa shape index (κ3) is 4.10. The van der Waals surface area contributed by atoms with E-state index in [0.29, 0.717) is 6.42 Å². The maximum absolute atomic E-state index is 16.5. The Kier molecular flexibility index (Phi) is 6.88. The molecule has 0 saturated carbocycles. The Labute approximate surface area is 285 Å². The summed E-state index contributed by atoms with van der Waals surface area (Å²) in [6.45, 7) is 15.3. The normalized spacial score (nSPS) is 21.3. The number of rotatable bonds is 5. The predicted molar refractivity (Wildman–Crippen MR) is 203 cm³/mol. The molecule has 4 heteroatoms. The highest BCUT2D eigenvalue weighted by molar-refractivity contribution is 7.75. The molecule has 3 aliphatic rings. The Bertz CT molecular complexity index is 2240. The van der Waals surface area contributed by atoms with Gasteiger partial charge in [-0.3, -0.25) is 13.9 Å². The average Bonchev–Trinajstić information content (AvgIpc) is 3.61. The summed E-state index contributed by atoms with van der Waals surface area (Å²) in [5.74, 6) is 0. The fourth-order valence-corrected chi connectivity index (χ4v) is 11.4. The lowest BCUT2D eigenvalue weighted by atomic mass is 9.82. The van der Waals surface area contributed by atoms with Gasteiger partial charge in [0, 0.05) is 22.2 Å². The van der Waals surface area contributed by atoms with Gasteiger partial charge < -0.3 is 0 Å². The SMILES string of the molecule is C=CC/C=C1\C(=C/C)N(c2ccc3c(c2)C(C)(C)c2ccccc2-3)P(=O)(c2ccccc2)N1c1ccc2c(c1)C(C)(C)c1ccccc1-2. The fraction of sp³-hybridized carbons (Fsp3) is 0.182. The van der Waals surface area contributed by atoms with Crippen LogP contribution in [0.5, 0.6) is 0 Å². The molecule has 8 rings (SSSR count). The van der Waals surface area contributed by atoms with Gasteiger partial charge in [-0.15, -0.1) is 6.58 Å². The van der Waals surface area contributed by atoms with Gasteiger partial charge in [0.2, 0.25) is 0 Å². The first-order valence-corrected chi connectivity index (χ1v) is 18.5. The molecule has 3 nitrogen and oxygen atoms in total. The smallest absolute Gasteiger partial charge is 0.270 e. The summed E-state index contributed by atoms with van der Waals surface area (Å²) in [4.78, 5) is 0. The van der Waals surface area contributed by atoms with Gasteiger partial charge in [-0.25, -0.2) is 0 Å². The van der Waals surface area contributed by atoms with Crippen molar-refractivity contribution in [2.75, 3.05) is 9.34 Å². The van der Waals surface area contributed by atoms with Crippen molar-refractivity contribution in [1.29, 1.82) is 0 Å². The average molecular weight is 645 g/mol. The molecule has 1 heterocycles. The van der Waals surface area contributed by atoms with Gasteiger partial charge >= 0.3 is 7.44 Å². The van der Waals surface area contributed by atoms with Crippen molar-refractivity contribution in [3.8, 4) is 22.3 Å². The fourth-order valence-electron chi connectivity index (χ4n) is 8.35. The Balaban J connectivity index is 1.38. The molecule has 0 spiro atoms. The van der Waals surface area contributed by atoms with Crippen molar-refractivity contribution >= 4 is 24.1 Å². The minimum Gasteiger partial charge on any atom is -0.270 e. The quantitative estimate of drug-likeness (QED) is 0.140. The number of nitrogens with zero attached hydrogens (tertiary/aromatic N) is 2. The second kappa shape index (κ2) is 10.8. The van der Waals surface area contributed by atoms with Crippen LogP contribution in [0.1, 0.15) is 63.3 Å². The molecule has 1 atom stereocenters. The second-order valence-corrected chi connectivity index (χ2v) is 16.5. The van der Waals surface area contributed by atoms with Crippen LogP contribution in [0, 0.1) is 0 Å². The first-order valence-electron chi connectivity index (χ1n) is 16.9. The van der Waals surface area contributed by atoms with Gasteiger partial charge in [-0.1, -0.05) is 125 Å².